The minimum Gasteiger partial charge on any atom is -0.292 e. The number of rotatable bonds is 4. The van der Waals surface area contributed by atoms with Crippen LogP contribution in [0.25, 0.3) is 0 Å². The van der Waals surface area contributed by atoms with E-state index >= 15 is 0 Å². The molecule has 18 heavy (non-hydrogen) atoms. The van der Waals surface area contributed by atoms with Crippen molar-refractivity contribution in [3.63, 3.8) is 0 Å². The third-order valence-electron chi connectivity index (χ3n) is 1.88. The van der Waals surface area contributed by atoms with E-state index in [1.54, 1.807) is 0 Å². The normalized spacial score (nSPS) is 12.3. The van der Waals surface area contributed by atoms with E-state index in [0.717, 1.165) is 12.4 Å². The van der Waals surface area contributed by atoms with E-state index in [2.05, 4.69) is 9.97 Å². The summed E-state index contributed by atoms with van der Waals surface area (Å²) in [5.41, 5.74) is -0.455. The minimum atomic E-state index is -6.02. The van der Waals surface area contributed by atoms with Crippen LogP contribution in [-0.2, 0) is 4.79 Å². The molecule has 9 heteroatoms. The number of carbonyl (C=O) groups excluding carboxylic acids is 2. The molecule has 0 atom stereocenters. The highest BCUT2D eigenvalue weighted by atomic mass is 19.4. The molecule has 0 aliphatic carbocycles. The minimum absolute atomic E-state index is 0.455. The fourth-order valence-electron chi connectivity index (χ4n) is 0.949. The highest BCUT2D eigenvalue weighted by molar-refractivity contribution is 6.09. The lowest BCUT2D eigenvalue weighted by molar-refractivity contribution is -0.268. The number of Topliss-reactive ketones (excluding diaryl/α,β-unsaturated/α-hetero) is 2. The Labute approximate surface area is 96.8 Å². The lowest BCUT2D eigenvalue weighted by Crippen LogP contribution is -2.44. The van der Waals surface area contributed by atoms with Gasteiger partial charge in [-0.15, -0.1) is 0 Å². The molecule has 0 saturated carbocycles. The Bertz CT molecular complexity index is 458. The lowest BCUT2D eigenvalue weighted by atomic mass is 10.1. The molecule has 0 radical (unpaired) electrons. The Morgan fingerprint density at radius 2 is 1.72 bits per heavy atom. The van der Waals surface area contributed by atoms with Crippen molar-refractivity contribution in [2.45, 2.75) is 18.5 Å². The van der Waals surface area contributed by atoms with Crippen LogP contribution < -0.4 is 0 Å². The molecule has 1 aromatic rings. The maximum atomic E-state index is 12.5. The summed E-state index contributed by atoms with van der Waals surface area (Å²) < 4.78 is 60.6. The summed E-state index contributed by atoms with van der Waals surface area (Å²) in [6.45, 7) is 0. The van der Waals surface area contributed by atoms with E-state index in [-0.39, 0.29) is 0 Å². The van der Waals surface area contributed by atoms with Crippen LogP contribution in [0.2, 0.25) is 0 Å². The summed E-state index contributed by atoms with van der Waals surface area (Å²) in [7, 11) is 0. The molecule has 0 aliphatic rings. The summed E-state index contributed by atoms with van der Waals surface area (Å²) >= 11 is 0. The fourth-order valence-corrected chi connectivity index (χ4v) is 0.949. The Kier molecular flexibility index (Phi) is 3.73. The zero-order chi connectivity index (χ0) is 14.0. The maximum absolute atomic E-state index is 12.5. The van der Waals surface area contributed by atoms with Crippen molar-refractivity contribution >= 4 is 11.6 Å². The molecule has 0 bridgehead atoms. The van der Waals surface area contributed by atoms with Gasteiger partial charge in [-0.25, -0.2) is 4.98 Å². The molecule has 1 rings (SSSR count). The van der Waals surface area contributed by atoms with Gasteiger partial charge in [0.2, 0.25) is 5.78 Å². The van der Waals surface area contributed by atoms with Crippen LogP contribution in [0.5, 0.6) is 0 Å². The zero-order valence-corrected chi connectivity index (χ0v) is 8.54. The molecule has 1 aromatic heterocycles. The number of ketones is 2. The van der Waals surface area contributed by atoms with Gasteiger partial charge in [0.25, 0.3) is 0 Å². The highest BCUT2D eigenvalue weighted by Gasteiger charge is 2.62. The van der Waals surface area contributed by atoms with E-state index < -0.39 is 35.8 Å². The van der Waals surface area contributed by atoms with Gasteiger partial charge in [0, 0.05) is 12.4 Å². The van der Waals surface area contributed by atoms with E-state index in [9.17, 15) is 31.5 Å². The van der Waals surface area contributed by atoms with Crippen LogP contribution in [0.4, 0.5) is 22.0 Å². The molecule has 98 valence electrons. The van der Waals surface area contributed by atoms with Crippen LogP contribution in [0.15, 0.2) is 18.6 Å². The number of hydrogen-bond donors (Lipinski definition) is 0. The highest BCUT2D eigenvalue weighted by Crippen LogP contribution is 2.36. The lowest BCUT2D eigenvalue weighted by Gasteiger charge is -2.17. The first-order valence-electron chi connectivity index (χ1n) is 4.43. The average molecular weight is 268 g/mol. The average Bonchev–Trinajstić information content (AvgIpc) is 2.28. The third-order valence-corrected chi connectivity index (χ3v) is 1.88. The topological polar surface area (TPSA) is 59.9 Å². The van der Waals surface area contributed by atoms with E-state index in [1.165, 1.54) is 6.20 Å². The first kappa shape index (κ1) is 14.1. The Hall–Kier alpha value is -1.93. The van der Waals surface area contributed by atoms with Crippen LogP contribution in [-0.4, -0.2) is 33.6 Å². The predicted octanol–water partition coefficient (Wildman–Crippen LogP) is 1.82. The molecule has 1 heterocycles. The number of hydrogen-bond acceptors (Lipinski definition) is 4. The Balaban J connectivity index is 2.81. The second-order valence-electron chi connectivity index (χ2n) is 3.19. The third kappa shape index (κ3) is 2.84. The van der Waals surface area contributed by atoms with Crippen LogP contribution in [0.1, 0.15) is 16.9 Å². The first-order valence-corrected chi connectivity index (χ1v) is 4.43. The Morgan fingerprint density at radius 3 is 2.17 bits per heavy atom. The Morgan fingerprint density at radius 1 is 1.11 bits per heavy atom. The standard InChI is InChI=1S/C9H5F5N2O2/c10-8(11,9(12,13)14)7(18)3-6(17)5-4-15-1-2-16-5/h1-2,4H,3H2. The largest absolute Gasteiger partial charge is 0.461 e. The van der Waals surface area contributed by atoms with Gasteiger partial charge in [0.05, 0.1) is 12.6 Å². The summed E-state index contributed by atoms with van der Waals surface area (Å²) in [4.78, 5) is 28.8. The van der Waals surface area contributed by atoms with E-state index in [1.807, 2.05) is 0 Å². The van der Waals surface area contributed by atoms with Gasteiger partial charge in [-0.3, -0.25) is 14.6 Å². The van der Waals surface area contributed by atoms with Crippen LogP contribution >= 0.6 is 0 Å². The first-order chi connectivity index (χ1) is 8.16. The van der Waals surface area contributed by atoms with Crippen molar-refractivity contribution in [3.05, 3.63) is 24.3 Å². The SMILES string of the molecule is O=C(CC(=O)C(F)(F)C(F)(F)F)c1cnccn1. The van der Waals surface area contributed by atoms with Gasteiger partial charge in [-0.1, -0.05) is 0 Å². The number of alkyl halides is 5. The molecule has 0 amide bonds. The number of carbonyl (C=O) groups is 2. The van der Waals surface area contributed by atoms with E-state index in [0.29, 0.717) is 0 Å². The maximum Gasteiger partial charge on any atom is 0.461 e. The molecule has 0 N–H and O–H groups in total. The molecular formula is C9H5F5N2O2. The van der Waals surface area contributed by atoms with Crippen LogP contribution in [0, 0.1) is 0 Å². The van der Waals surface area contributed by atoms with Crippen molar-refractivity contribution in [3.8, 4) is 0 Å². The van der Waals surface area contributed by atoms with E-state index in [4.69, 9.17) is 0 Å². The molecule has 0 aliphatic heterocycles. The smallest absolute Gasteiger partial charge is 0.292 e. The molecule has 0 unspecified atom stereocenters. The zero-order valence-electron chi connectivity index (χ0n) is 8.54. The quantitative estimate of drug-likeness (QED) is 0.474. The van der Waals surface area contributed by atoms with Crippen LogP contribution in [0.3, 0.4) is 0 Å². The van der Waals surface area contributed by atoms with Gasteiger partial charge < -0.3 is 0 Å². The van der Waals surface area contributed by atoms with Crippen molar-refractivity contribution < 1.29 is 31.5 Å². The summed E-state index contributed by atoms with van der Waals surface area (Å²) in [6.07, 6.45) is -4.54. The second kappa shape index (κ2) is 4.75. The van der Waals surface area contributed by atoms with Crippen molar-refractivity contribution in [1.82, 2.24) is 9.97 Å². The number of nitrogens with zero attached hydrogens (tertiary/aromatic N) is 2. The van der Waals surface area contributed by atoms with Gasteiger partial charge >= 0.3 is 12.1 Å². The van der Waals surface area contributed by atoms with Gasteiger partial charge in [-0.2, -0.15) is 22.0 Å². The molecule has 0 aromatic carbocycles. The van der Waals surface area contributed by atoms with Crippen molar-refractivity contribution in [1.29, 1.82) is 0 Å². The molecule has 0 saturated heterocycles. The molecular weight excluding hydrogens is 263 g/mol. The van der Waals surface area contributed by atoms with Crippen molar-refractivity contribution in [2.24, 2.45) is 0 Å². The summed E-state index contributed by atoms with van der Waals surface area (Å²) in [5, 5.41) is 0. The summed E-state index contributed by atoms with van der Waals surface area (Å²) in [6, 6.07) is 0. The second-order valence-corrected chi connectivity index (χ2v) is 3.19. The number of aromatic nitrogens is 2. The van der Waals surface area contributed by atoms with Crippen molar-refractivity contribution in [2.75, 3.05) is 0 Å². The van der Waals surface area contributed by atoms with Gasteiger partial charge in [0.1, 0.15) is 5.69 Å². The molecule has 0 spiro atoms. The number of halogens is 5. The summed E-state index contributed by atoms with van der Waals surface area (Å²) in [5.74, 6) is -9.33. The predicted molar refractivity (Wildman–Crippen MR) is 47.0 cm³/mol. The molecule has 4 nitrogen and oxygen atoms in total. The monoisotopic (exact) mass is 268 g/mol. The van der Waals surface area contributed by atoms with Gasteiger partial charge in [0.15, 0.2) is 5.78 Å². The van der Waals surface area contributed by atoms with Gasteiger partial charge in [-0.05, 0) is 0 Å². The fraction of sp³-hybridized carbons (Fsp3) is 0.333. The molecule has 0 fully saturated rings.